The number of carbonyl (C=O) groups excluding carboxylic acids is 2. The Bertz CT molecular complexity index is 1000. The third-order valence-electron chi connectivity index (χ3n) is 4.22. The normalized spacial score (nSPS) is 10.3. The van der Waals surface area contributed by atoms with E-state index in [2.05, 4.69) is 5.32 Å². The highest BCUT2D eigenvalue weighted by Crippen LogP contribution is 2.29. The molecule has 0 unspecified atom stereocenters. The summed E-state index contributed by atoms with van der Waals surface area (Å²) in [5, 5.41) is 3.22. The van der Waals surface area contributed by atoms with Crippen LogP contribution in [-0.2, 0) is 14.3 Å². The number of hydrogen-bond donors (Lipinski definition) is 1. The Labute approximate surface area is 174 Å². The van der Waals surface area contributed by atoms with Gasteiger partial charge in [-0.1, -0.05) is 66.2 Å². The third kappa shape index (κ3) is 5.59. The van der Waals surface area contributed by atoms with E-state index in [4.69, 9.17) is 21.1 Å². The molecule has 0 saturated carbocycles. The Morgan fingerprint density at radius 1 is 0.897 bits per heavy atom. The lowest BCUT2D eigenvalue weighted by molar-refractivity contribution is -0.149. The molecule has 5 nitrogen and oxygen atoms in total. The summed E-state index contributed by atoms with van der Waals surface area (Å²) in [7, 11) is 0. The first-order chi connectivity index (χ1) is 14.0. The van der Waals surface area contributed by atoms with E-state index in [-0.39, 0.29) is 6.61 Å². The van der Waals surface area contributed by atoms with Crippen LogP contribution in [0.5, 0.6) is 5.75 Å². The van der Waals surface area contributed by atoms with Gasteiger partial charge in [-0.05, 0) is 36.2 Å². The van der Waals surface area contributed by atoms with Crippen molar-refractivity contribution in [2.24, 2.45) is 0 Å². The number of hydrogen-bond acceptors (Lipinski definition) is 4. The lowest BCUT2D eigenvalue weighted by atomic mass is 10.1. The number of halogens is 1. The highest BCUT2D eigenvalue weighted by Gasteiger charge is 2.12. The summed E-state index contributed by atoms with van der Waals surface area (Å²) >= 11 is 6.03. The van der Waals surface area contributed by atoms with Gasteiger partial charge < -0.3 is 14.8 Å². The van der Waals surface area contributed by atoms with Gasteiger partial charge in [-0.2, -0.15) is 0 Å². The highest BCUT2D eigenvalue weighted by atomic mass is 35.5. The van der Waals surface area contributed by atoms with Crippen LogP contribution in [-0.4, -0.2) is 25.1 Å². The molecular formula is C23H20ClNO4. The van der Waals surface area contributed by atoms with Gasteiger partial charge in [0.05, 0.1) is 0 Å². The standard InChI is InChI=1S/C23H20ClNO4/c1-16-19(24)11-7-12-20(16)25-22(26)14-29-23(27)15-28-21-13-6-5-10-18(21)17-8-3-2-4-9-17/h2-13H,14-15H2,1H3,(H,25,26). The first kappa shape index (κ1) is 20.4. The number of benzene rings is 3. The molecule has 0 radical (unpaired) electrons. The van der Waals surface area contributed by atoms with Gasteiger partial charge in [-0.3, -0.25) is 4.79 Å². The number of amides is 1. The maximum absolute atomic E-state index is 12.0. The van der Waals surface area contributed by atoms with Gasteiger partial charge in [0.1, 0.15) is 5.75 Å². The summed E-state index contributed by atoms with van der Waals surface area (Å²) in [5.74, 6) is -0.520. The molecule has 0 atom stereocenters. The van der Waals surface area contributed by atoms with Crippen LogP contribution < -0.4 is 10.1 Å². The number of esters is 1. The van der Waals surface area contributed by atoms with Gasteiger partial charge in [-0.15, -0.1) is 0 Å². The number of para-hydroxylation sites is 1. The first-order valence-corrected chi connectivity index (χ1v) is 9.40. The minimum absolute atomic E-state index is 0.298. The van der Waals surface area contributed by atoms with Gasteiger partial charge in [0, 0.05) is 16.3 Å². The average molecular weight is 410 g/mol. The molecule has 3 aromatic carbocycles. The lowest BCUT2D eigenvalue weighted by Crippen LogP contribution is -2.24. The Kier molecular flexibility index (Phi) is 6.87. The lowest BCUT2D eigenvalue weighted by Gasteiger charge is -2.12. The Balaban J connectivity index is 1.52. The molecule has 0 saturated heterocycles. The van der Waals surface area contributed by atoms with E-state index in [1.165, 1.54) is 0 Å². The fourth-order valence-corrected chi connectivity index (χ4v) is 2.88. The first-order valence-electron chi connectivity index (χ1n) is 9.02. The van der Waals surface area contributed by atoms with E-state index in [1.54, 1.807) is 31.2 Å². The third-order valence-corrected chi connectivity index (χ3v) is 4.63. The maximum atomic E-state index is 12.0. The Morgan fingerprint density at radius 3 is 2.41 bits per heavy atom. The summed E-state index contributed by atoms with van der Waals surface area (Å²) in [6, 6.07) is 22.3. The van der Waals surface area contributed by atoms with Crippen LogP contribution >= 0.6 is 11.6 Å². The minimum atomic E-state index is -0.633. The summed E-state index contributed by atoms with van der Waals surface area (Å²) in [4.78, 5) is 24.0. The summed E-state index contributed by atoms with van der Waals surface area (Å²) < 4.78 is 10.6. The topological polar surface area (TPSA) is 64.6 Å². The van der Waals surface area contributed by atoms with Gasteiger partial charge >= 0.3 is 5.97 Å². The van der Waals surface area contributed by atoms with Crippen molar-refractivity contribution in [3.05, 3.63) is 83.4 Å². The second kappa shape index (κ2) is 9.75. The van der Waals surface area contributed by atoms with Crippen molar-refractivity contribution in [1.29, 1.82) is 0 Å². The SMILES string of the molecule is Cc1c(Cl)cccc1NC(=O)COC(=O)COc1ccccc1-c1ccccc1. The molecule has 0 spiro atoms. The molecule has 6 heteroatoms. The maximum Gasteiger partial charge on any atom is 0.344 e. The fraction of sp³-hybridized carbons (Fsp3) is 0.130. The van der Waals surface area contributed by atoms with E-state index in [9.17, 15) is 9.59 Å². The predicted molar refractivity (Wildman–Crippen MR) is 113 cm³/mol. The van der Waals surface area contributed by atoms with E-state index < -0.39 is 18.5 Å². The molecule has 0 heterocycles. The van der Waals surface area contributed by atoms with Crippen molar-refractivity contribution in [1.82, 2.24) is 0 Å². The van der Waals surface area contributed by atoms with Crippen molar-refractivity contribution in [2.75, 3.05) is 18.5 Å². The molecule has 0 aromatic heterocycles. The molecule has 148 valence electrons. The number of carbonyl (C=O) groups is 2. The van der Waals surface area contributed by atoms with Crippen LogP contribution in [0.15, 0.2) is 72.8 Å². The number of rotatable bonds is 7. The second-order valence-electron chi connectivity index (χ2n) is 6.27. The number of ether oxygens (including phenoxy) is 2. The molecule has 0 aliphatic rings. The van der Waals surface area contributed by atoms with E-state index >= 15 is 0 Å². The minimum Gasteiger partial charge on any atom is -0.481 e. The zero-order valence-electron chi connectivity index (χ0n) is 15.9. The van der Waals surface area contributed by atoms with E-state index in [1.807, 2.05) is 48.5 Å². The van der Waals surface area contributed by atoms with Gasteiger partial charge in [-0.25, -0.2) is 4.79 Å². The monoisotopic (exact) mass is 409 g/mol. The van der Waals surface area contributed by atoms with Crippen LogP contribution in [0, 0.1) is 6.92 Å². The molecule has 1 N–H and O–H groups in total. The number of nitrogens with one attached hydrogen (secondary N) is 1. The smallest absolute Gasteiger partial charge is 0.344 e. The average Bonchev–Trinajstić information content (AvgIpc) is 2.75. The zero-order chi connectivity index (χ0) is 20.6. The summed E-state index contributed by atoms with van der Waals surface area (Å²) in [6.07, 6.45) is 0. The van der Waals surface area contributed by atoms with Gasteiger partial charge in [0.2, 0.25) is 0 Å². The van der Waals surface area contributed by atoms with Crippen molar-refractivity contribution in [3.63, 3.8) is 0 Å². The van der Waals surface area contributed by atoms with Crippen LogP contribution in [0.1, 0.15) is 5.56 Å². The molecule has 0 fully saturated rings. The summed E-state index contributed by atoms with van der Waals surface area (Å²) in [6.45, 7) is 1.09. The van der Waals surface area contributed by atoms with Crippen LogP contribution in [0.2, 0.25) is 5.02 Å². The largest absolute Gasteiger partial charge is 0.481 e. The summed E-state index contributed by atoms with van der Waals surface area (Å²) in [5.41, 5.74) is 3.17. The van der Waals surface area contributed by atoms with Crippen LogP contribution in [0.4, 0.5) is 5.69 Å². The molecule has 1 amide bonds. The van der Waals surface area contributed by atoms with Crippen molar-refractivity contribution in [3.8, 4) is 16.9 Å². The van der Waals surface area contributed by atoms with Crippen LogP contribution in [0.25, 0.3) is 11.1 Å². The van der Waals surface area contributed by atoms with Crippen molar-refractivity contribution < 1.29 is 19.1 Å². The molecule has 3 aromatic rings. The van der Waals surface area contributed by atoms with Crippen LogP contribution in [0.3, 0.4) is 0 Å². The predicted octanol–water partition coefficient (Wildman–Crippen LogP) is 4.88. The molecule has 0 bridgehead atoms. The molecule has 0 aliphatic heterocycles. The van der Waals surface area contributed by atoms with Crippen molar-refractivity contribution >= 4 is 29.2 Å². The van der Waals surface area contributed by atoms with Gasteiger partial charge in [0.25, 0.3) is 5.91 Å². The highest BCUT2D eigenvalue weighted by molar-refractivity contribution is 6.31. The molecule has 29 heavy (non-hydrogen) atoms. The quantitative estimate of drug-likeness (QED) is 0.565. The molecule has 0 aliphatic carbocycles. The van der Waals surface area contributed by atoms with E-state index in [0.29, 0.717) is 16.5 Å². The fourth-order valence-electron chi connectivity index (χ4n) is 2.70. The molecule has 3 rings (SSSR count). The number of anilines is 1. The molecular weight excluding hydrogens is 390 g/mol. The van der Waals surface area contributed by atoms with E-state index in [0.717, 1.165) is 16.7 Å². The van der Waals surface area contributed by atoms with Crippen molar-refractivity contribution in [2.45, 2.75) is 6.92 Å². The second-order valence-corrected chi connectivity index (χ2v) is 6.68. The van der Waals surface area contributed by atoms with Gasteiger partial charge in [0.15, 0.2) is 13.2 Å². The Morgan fingerprint density at radius 2 is 1.62 bits per heavy atom. The Hall–Kier alpha value is -3.31. The zero-order valence-corrected chi connectivity index (χ0v) is 16.6.